The van der Waals surface area contributed by atoms with Crippen LogP contribution in [-0.4, -0.2) is 17.3 Å². The minimum Gasteiger partial charge on any atom is -0.385 e. The number of aryl methyl sites for hydroxylation is 1. The van der Waals surface area contributed by atoms with E-state index in [2.05, 4.69) is 6.07 Å². The first-order valence-electron chi connectivity index (χ1n) is 6.50. The summed E-state index contributed by atoms with van der Waals surface area (Å²) < 4.78 is 5.78. The number of fused-ring (bicyclic) bond motifs is 2. The Balaban J connectivity index is 1.94. The highest BCUT2D eigenvalue weighted by Gasteiger charge is 2.44. The average Bonchev–Trinajstić information content (AvgIpc) is 2.69. The second kappa shape index (κ2) is 4.08. The second-order valence-corrected chi connectivity index (χ2v) is 5.54. The Morgan fingerprint density at radius 1 is 1.33 bits per heavy atom. The van der Waals surface area contributed by atoms with Gasteiger partial charge < -0.3 is 9.84 Å². The van der Waals surface area contributed by atoms with Crippen molar-refractivity contribution in [3.05, 3.63) is 34.9 Å². The van der Waals surface area contributed by atoms with Gasteiger partial charge in [0.2, 0.25) is 0 Å². The van der Waals surface area contributed by atoms with E-state index in [4.69, 9.17) is 10.00 Å². The van der Waals surface area contributed by atoms with Crippen molar-refractivity contribution < 1.29 is 9.84 Å². The van der Waals surface area contributed by atoms with Gasteiger partial charge in [-0.1, -0.05) is 12.1 Å². The van der Waals surface area contributed by atoms with Crippen molar-refractivity contribution in [2.75, 3.05) is 0 Å². The summed E-state index contributed by atoms with van der Waals surface area (Å²) in [4.78, 5) is 0. The maximum absolute atomic E-state index is 10.8. The molecule has 0 spiro atoms. The summed E-state index contributed by atoms with van der Waals surface area (Å²) in [5, 5.41) is 19.8. The van der Waals surface area contributed by atoms with Gasteiger partial charge in [-0.25, -0.2) is 0 Å². The van der Waals surface area contributed by atoms with Crippen LogP contribution in [0.3, 0.4) is 0 Å². The monoisotopic (exact) mass is 243 g/mol. The zero-order valence-corrected chi connectivity index (χ0v) is 10.5. The molecule has 2 aliphatic heterocycles. The summed E-state index contributed by atoms with van der Waals surface area (Å²) in [5.74, 6) is 0. The van der Waals surface area contributed by atoms with Gasteiger partial charge >= 0.3 is 0 Å². The number of aliphatic hydroxyl groups is 1. The van der Waals surface area contributed by atoms with Gasteiger partial charge in [0.05, 0.1) is 29.4 Å². The van der Waals surface area contributed by atoms with Gasteiger partial charge in [-0.05, 0) is 37.0 Å². The fourth-order valence-electron chi connectivity index (χ4n) is 3.23. The van der Waals surface area contributed by atoms with Gasteiger partial charge in [0.1, 0.15) is 0 Å². The number of nitriles is 1. The molecule has 3 rings (SSSR count). The first-order valence-corrected chi connectivity index (χ1v) is 6.50. The molecule has 3 heteroatoms. The van der Waals surface area contributed by atoms with Crippen molar-refractivity contribution in [2.24, 2.45) is 0 Å². The molecule has 2 atom stereocenters. The molecule has 2 aliphatic rings. The number of hydrogen-bond acceptors (Lipinski definition) is 3. The maximum atomic E-state index is 10.8. The van der Waals surface area contributed by atoms with Crippen molar-refractivity contribution in [3.63, 3.8) is 0 Å². The Bertz CT molecular complexity index is 506. The van der Waals surface area contributed by atoms with Crippen LogP contribution in [0.2, 0.25) is 0 Å². The molecule has 94 valence electrons. The summed E-state index contributed by atoms with van der Waals surface area (Å²) in [7, 11) is 0. The van der Waals surface area contributed by atoms with Crippen molar-refractivity contribution >= 4 is 0 Å². The van der Waals surface area contributed by atoms with E-state index in [1.165, 1.54) is 0 Å². The highest BCUT2D eigenvalue weighted by molar-refractivity contribution is 5.41. The summed E-state index contributed by atoms with van der Waals surface area (Å²) >= 11 is 0. The average molecular weight is 243 g/mol. The normalized spacial score (nSPS) is 34.3. The Morgan fingerprint density at radius 3 is 2.56 bits per heavy atom. The lowest BCUT2D eigenvalue weighted by atomic mass is 9.82. The quantitative estimate of drug-likeness (QED) is 0.824. The molecule has 3 nitrogen and oxygen atoms in total. The fourth-order valence-corrected chi connectivity index (χ4v) is 3.23. The Morgan fingerprint density at radius 2 is 2.00 bits per heavy atom. The zero-order chi connectivity index (χ0) is 12.8. The molecule has 2 saturated heterocycles. The molecule has 0 amide bonds. The van der Waals surface area contributed by atoms with Gasteiger partial charge in [-0.3, -0.25) is 0 Å². The van der Waals surface area contributed by atoms with E-state index in [-0.39, 0.29) is 12.2 Å². The molecule has 1 aromatic rings. The third-order valence-corrected chi connectivity index (χ3v) is 4.21. The first kappa shape index (κ1) is 11.7. The molecule has 1 N–H and O–H groups in total. The van der Waals surface area contributed by atoms with Crippen molar-refractivity contribution in [1.82, 2.24) is 0 Å². The molecule has 0 radical (unpaired) electrons. The maximum Gasteiger partial charge on any atom is 0.0994 e. The van der Waals surface area contributed by atoms with E-state index >= 15 is 0 Å². The molecule has 18 heavy (non-hydrogen) atoms. The number of nitrogens with zero attached hydrogens (tertiary/aromatic N) is 1. The van der Waals surface area contributed by atoms with E-state index in [1.54, 1.807) is 6.07 Å². The number of rotatable bonds is 1. The van der Waals surface area contributed by atoms with Crippen molar-refractivity contribution in [1.29, 1.82) is 5.26 Å². The third kappa shape index (κ3) is 1.82. The first-order chi connectivity index (χ1) is 8.60. The van der Waals surface area contributed by atoms with Crippen LogP contribution in [0.15, 0.2) is 18.2 Å². The van der Waals surface area contributed by atoms with Gasteiger partial charge in [-0.15, -0.1) is 0 Å². The topological polar surface area (TPSA) is 53.2 Å². The van der Waals surface area contributed by atoms with E-state index in [0.29, 0.717) is 18.4 Å². The molecule has 2 fully saturated rings. The van der Waals surface area contributed by atoms with Crippen LogP contribution in [0.4, 0.5) is 0 Å². The molecule has 1 aromatic carbocycles. The summed E-state index contributed by atoms with van der Waals surface area (Å²) in [6, 6.07) is 7.80. The second-order valence-electron chi connectivity index (χ2n) is 5.54. The van der Waals surface area contributed by atoms with Crippen LogP contribution in [0.25, 0.3) is 0 Å². The number of ether oxygens (including phenoxy) is 1. The largest absolute Gasteiger partial charge is 0.385 e. The van der Waals surface area contributed by atoms with Crippen LogP contribution in [0, 0.1) is 18.3 Å². The molecule has 2 bridgehead atoms. The molecular formula is C15H17NO2. The standard InChI is InChI=1S/C15H17NO2/c1-10-6-12(3-2-11(10)9-16)15(17)7-13-4-5-14(8-15)18-13/h2-3,6,13-14,17H,4-5,7-8H2,1H3. The smallest absolute Gasteiger partial charge is 0.0994 e. The van der Waals surface area contributed by atoms with E-state index in [0.717, 1.165) is 24.0 Å². The predicted octanol–water partition coefficient (Wildman–Crippen LogP) is 2.40. The summed E-state index contributed by atoms with van der Waals surface area (Å²) in [6.45, 7) is 1.92. The van der Waals surface area contributed by atoms with Crippen molar-refractivity contribution in [2.45, 2.75) is 50.4 Å². The van der Waals surface area contributed by atoms with Crippen LogP contribution < -0.4 is 0 Å². The lowest BCUT2D eigenvalue weighted by Gasteiger charge is -2.37. The third-order valence-electron chi connectivity index (χ3n) is 4.21. The minimum atomic E-state index is -0.775. The van der Waals surface area contributed by atoms with Gasteiger partial charge in [0, 0.05) is 12.8 Å². The van der Waals surface area contributed by atoms with Crippen LogP contribution in [0.1, 0.15) is 42.4 Å². The van der Waals surface area contributed by atoms with Gasteiger partial charge in [0.15, 0.2) is 0 Å². The van der Waals surface area contributed by atoms with E-state index in [1.807, 2.05) is 19.1 Å². The Hall–Kier alpha value is -1.37. The lowest BCUT2D eigenvalue weighted by molar-refractivity contribution is -0.115. The molecule has 2 unspecified atom stereocenters. The lowest BCUT2D eigenvalue weighted by Crippen LogP contribution is -2.38. The van der Waals surface area contributed by atoms with E-state index in [9.17, 15) is 5.11 Å². The molecule has 0 saturated carbocycles. The minimum absolute atomic E-state index is 0.199. The Kier molecular flexibility index (Phi) is 2.65. The predicted molar refractivity (Wildman–Crippen MR) is 66.9 cm³/mol. The van der Waals surface area contributed by atoms with E-state index < -0.39 is 5.60 Å². The Labute approximate surface area is 107 Å². The number of hydrogen-bond donors (Lipinski definition) is 1. The molecule has 0 aromatic heterocycles. The zero-order valence-electron chi connectivity index (χ0n) is 10.5. The van der Waals surface area contributed by atoms with Crippen LogP contribution in [0.5, 0.6) is 0 Å². The SMILES string of the molecule is Cc1cc(C2(O)CC3CCC(C2)O3)ccc1C#N. The summed E-state index contributed by atoms with van der Waals surface area (Å²) in [6.07, 6.45) is 3.86. The van der Waals surface area contributed by atoms with Crippen LogP contribution in [-0.2, 0) is 10.3 Å². The fraction of sp³-hybridized carbons (Fsp3) is 0.533. The van der Waals surface area contributed by atoms with Crippen LogP contribution >= 0.6 is 0 Å². The highest BCUT2D eigenvalue weighted by atomic mass is 16.5. The molecular weight excluding hydrogens is 226 g/mol. The van der Waals surface area contributed by atoms with Gasteiger partial charge in [-0.2, -0.15) is 5.26 Å². The highest BCUT2D eigenvalue weighted by Crippen LogP contribution is 2.44. The van der Waals surface area contributed by atoms with Gasteiger partial charge in [0.25, 0.3) is 0 Å². The molecule has 2 heterocycles. The van der Waals surface area contributed by atoms with Crippen molar-refractivity contribution in [3.8, 4) is 6.07 Å². The number of benzene rings is 1. The molecule has 0 aliphatic carbocycles. The summed E-state index contributed by atoms with van der Waals surface area (Å²) in [5.41, 5.74) is 1.77.